The van der Waals surface area contributed by atoms with Gasteiger partial charge in [-0.25, -0.2) is 0 Å². The van der Waals surface area contributed by atoms with E-state index in [1.54, 1.807) is 4.90 Å². The zero-order valence-electron chi connectivity index (χ0n) is 7.40. The van der Waals surface area contributed by atoms with Crippen molar-refractivity contribution in [3.63, 3.8) is 0 Å². The number of morpholine rings is 1. The second-order valence-electron chi connectivity index (χ2n) is 2.83. The van der Waals surface area contributed by atoms with Gasteiger partial charge in [-0.3, -0.25) is 5.73 Å². The Kier molecular flexibility index (Phi) is 2.40. The minimum absolute atomic E-state index is 0.214. The van der Waals surface area contributed by atoms with Crippen molar-refractivity contribution in [1.29, 1.82) is 0 Å². The summed E-state index contributed by atoms with van der Waals surface area (Å²) in [6, 6.07) is 0. The molecule has 0 saturated carbocycles. The van der Waals surface area contributed by atoms with Gasteiger partial charge in [-0.05, 0) is 0 Å². The molecule has 1 radical (unpaired) electrons. The van der Waals surface area contributed by atoms with Gasteiger partial charge in [-0.1, -0.05) is 0 Å². The maximum absolute atomic E-state index is 12.7. The molecule has 0 aliphatic carbocycles. The Balaban J connectivity index is 2.21. The molecule has 1 saturated heterocycles. The summed E-state index contributed by atoms with van der Waals surface area (Å²) in [6.07, 6.45) is -0.911. The highest BCUT2D eigenvalue weighted by molar-refractivity contribution is 5.32. The van der Waals surface area contributed by atoms with E-state index in [2.05, 4.69) is 15.0 Å². The quantitative estimate of drug-likeness (QED) is 0.622. The first-order chi connectivity index (χ1) is 6.75. The molecule has 14 heavy (non-hydrogen) atoms. The summed E-state index contributed by atoms with van der Waals surface area (Å²) in [5.41, 5.74) is 7.14. The largest absolute Gasteiger partial charge is 0.378 e. The highest BCUT2D eigenvalue weighted by atomic mass is 19.1. The maximum Gasteiger partial charge on any atom is 0.315 e. The van der Waals surface area contributed by atoms with E-state index < -0.39 is 6.08 Å². The Bertz CT molecular complexity index is 308. The van der Waals surface area contributed by atoms with E-state index in [0.29, 0.717) is 26.3 Å². The first-order valence-electron chi connectivity index (χ1n) is 4.21. The fourth-order valence-electron chi connectivity index (χ4n) is 1.24. The summed E-state index contributed by atoms with van der Waals surface area (Å²) in [5.74, 6) is -0.134. The predicted molar refractivity (Wildman–Crippen MR) is 45.6 cm³/mol. The summed E-state index contributed by atoms with van der Waals surface area (Å²) in [6.45, 7) is 2.37. The SMILES string of the molecule is [NH]c1nc(F)nc(N2CCOCC2)n1. The molecule has 0 bridgehead atoms. The third-order valence-corrected chi connectivity index (χ3v) is 1.89. The molecule has 1 fully saturated rings. The van der Waals surface area contributed by atoms with Gasteiger partial charge in [-0.15, -0.1) is 0 Å². The van der Waals surface area contributed by atoms with Crippen LogP contribution in [0.15, 0.2) is 0 Å². The molecule has 2 rings (SSSR count). The van der Waals surface area contributed by atoms with Gasteiger partial charge in [0.25, 0.3) is 0 Å². The lowest BCUT2D eigenvalue weighted by Gasteiger charge is -2.26. The average Bonchev–Trinajstić information content (AvgIpc) is 2.18. The molecule has 0 unspecified atom stereocenters. The maximum atomic E-state index is 12.7. The predicted octanol–water partition coefficient (Wildman–Crippen LogP) is -0.238. The summed E-state index contributed by atoms with van der Waals surface area (Å²) in [7, 11) is 0. The smallest absolute Gasteiger partial charge is 0.315 e. The van der Waals surface area contributed by atoms with Gasteiger partial charge in [0.1, 0.15) is 0 Å². The van der Waals surface area contributed by atoms with Crippen LogP contribution in [-0.4, -0.2) is 41.3 Å². The van der Waals surface area contributed by atoms with Gasteiger partial charge >= 0.3 is 6.08 Å². The summed E-state index contributed by atoms with van der Waals surface area (Å²) >= 11 is 0. The van der Waals surface area contributed by atoms with Crippen LogP contribution in [0.5, 0.6) is 0 Å². The lowest BCUT2D eigenvalue weighted by atomic mass is 10.4. The van der Waals surface area contributed by atoms with Crippen LogP contribution < -0.4 is 10.6 Å². The van der Waals surface area contributed by atoms with E-state index in [4.69, 9.17) is 10.5 Å². The minimum atomic E-state index is -0.911. The first-order valence-corrected chi connectivity index (χ1v) is 4.21. The molecule has 1 aliphatic rings. The Morgan fingerprint density at radius 1 is 1.21 bits per heavy atom. The molecule has 75 valence electrons. The highest BCUT2D eigenvalue weighted by Gasteiger charge is 2.15. The molecule has 0 aromatic carbocycles. The van der Waals surface area contributed by atoms with Crippen LogP contribution in [0.3, 0.4) is 0 Å². The van der Waals surface area contributed by atoms with Crippen molar-refractivity contribution in [2.75, 3.05) is 31.2 Å². The summed E-state index contributed by atoms with van der Waals surface area (Å²) < 4.78 is 17.9. The third-order valence-electron chi connectivity index (χ3n) is 1.89. The van der Waals surface area contributed by atoms with E-state index in [9.17, 15) is 4.39 Å². The molecule has 1 aromatic rings. The zero-order valence-corrected chi connectivity index (χ0v) is 7.40. The van der Waals surface area contributed by atoms with E-state index in [-0.39, 0.29) is 11.9 Å². The van der Waals surface area contributed by atoms with Crippen LogP contribution in [0.25, 0.3) is 0 Å². The zero-order chi connectivity index (χ0) is 9.97. The van der Waals surface area contributed by atoms with Gasteiger partial charge in [0.2, 0.25) is 11.9 Å². The lowest BCUT2D eigenvalue weighted by Crippen LogP contribution is -2.37. The van der Waals surface area contributed by atoms with Crippen molar-refractivity contribution >= 4 is 11.9 Å². The van der Waals surface area contributed by atoms with Crippen molar-refractivity contribution in [3.05, 3.63) is 6.08 Å². The average molecular weight is 198 g/mol. The molecule has 0 amide bonds. The monoisotopic (exact) mass is 198 g/mol. The third kappa shape index (κ3) is 1.87. The number of nitrogens with one attached hydrogen (secondary N) is 1. The van der Waals surface area contributed by atoms with E-state index in [0.717, 1.165) is 0 Å². The number of halogens is 1. The van der Waals surface area contributed by atoms with E-state index in [1.165, 1.54) is 0 Å². The molecular formula is C7H9FN5O. The number of anilines is 1. The first kappa shape index (κ1) is 9.07. The normalized spacial score (nSPS) is 17.1. The topological polar surface area (TPSA) is 74.9 Å². The molecular weight excluding hydrogens is 189 g/mol. The fourth-order valence-corrected chi connectivity index (χ4v) is 1.24. The van der Waals surface area contributed by atoms with Crippen LogP contribution in [0.4, 0.5) is 16.3 Å². The van der Waals surface area contributed by atoms with Gasteiger partial charge in [0, 0.05) is 13.1 Å². The van der Waals surface area contributed by atoms with Crippen molar-refractivity contribution < 1.29 is 9.13 Å². The second-order valence-corrected chi connectivity index (χ2v) is 2.83. The molecule has 0 atom stereocenters. The van der Waals surface area contributed by atoms with Crippen LogP contribution in [-0.2, 0) is 4.74 Å². The van der Waals surface area contributed by atoms with Crippen molar-refractivity contribution in [2.24, 2.45) is 0 Å². The van der Waals surface area contributed by atoms with Crippen LogP contribution >= 0.6 is 0 Å². The second kappa shape index (κ2) is 3.70. The highest BCUT2D eigenvalue weighted by Crippen LogP contribution is 2.10. The number of ether oxygens (including phenoxy) is 1. The number of aromatic nitrogens is 3. The van der Waals surface area contributed by atoms with Crippen molar-refractivity contribution in [1.82, 2.24) is 20.7 Å². The molecule has 1 aliphatic heterocycles. The Morgan fingerprint density at radius 2 is 1.93 bits per heavy atom. The number of nitrogens with zero attached hydrogens (tertiary/aromatic N) is 4. The van der Waals surface area contributed by atoms with Crippen molar-refractivity contribution in [2.45, 2.75) is 0 Å². The molecule has 1 aromatic heterocycles. The fraction of sp³-hybridized carbons (Fsp3) is 0.571. The number of hydrogen-bond acceptors (Lipinski definition) is 5. The summed E-state index contributed by atoms with van der Waals surface area (Å²) in [5, 5.41) is 0. The van der Waals surface area contributed by atoms with Gasteiger partial charge in [0.15, 0.2) is 0 Å². The lowest BCUT2D eigenvalue weighted by molar-refractivity contribution is 0.122. The van der Waals surface area contributed by atoms with Crippen molar-refractivity contribution in [3.8, 4) is 0 Å². The Labute approximate surface area is 79.9 Å². The molecule has 7 heteroatoms. The molecule has 0 spiro atoms. The van der Waals surface area contributed by atoms with Crippen LogP contribution in [0.2, 0.25) is 0 Å². The van der Waals surface area contributed by atoms with Gasteiger partial charge in [0.05, 0.1) is 13.2 Å². The standard InChI is InChI=1S/C7H9FN5O/c8-5-10-6(9)12-7(11-5)13-1-3-14-4-2-13/h9H,1-4H2. The van der Waals surface area contributed by atoms with E-state index in [1.807, 2.05) is 0 Å². The minimum Gasteiger partial charge on any atom is -0.378 e. The van der Waals surface area contributed by atoms with Gasteiger partial charge in [-0.2, -0.15) is 19.3 Å². The van der Waals surface area contributed by atoms with E-state index >= 15 is 0 Å². The number of rotatable bonds is 1. The van der Waals surface area contributed by atoms with Crippen LogP contribution in [0, 0.1) is 6.08 Å². The molecule has 6 nitrogen and oxygen atoms in total. The number of hydrogen-bond donors (Lipinski definition) is 0. The molecule has 2 heterocycles. The van der Waals surface area contributed by atoms with Gasteiger partial charge < -0.3 is 9.64 Å². The van der Waals surface area contributed by atoms with Crippen LogP contribution in [0.1, 0.15) is 0 Å². The summed E-state index contributed by atoms with van der Waals surface area (Å²) in [4.78, 5) is 12.2. The Hall–Kier alpha value is -1.50. The Morgan fingerprint density at radius 3 is 2.57 bits per heavy atom. The molecule has 1 N–H and O–H groups in total.